The van der Waals surface area contributed by atoms with Gasteiger partial charge in [0.15, 0.2) is 0 Å². The molecular weight excluding hydrogens is 322 g/mol. The maximum atomic E-state index is 12.0. The predicted molar refractivity (Wildman–Crippen MR) is 87.7 cm³/mol. The summed E-state index contributed by atoms with van der Waals surface area (Å²) in [4.78, 5) is 12.2. The average molecular weight is 342 g/mol. The number of alkyl halides is 1. The number of aromatic nitrogens is 1. The van der Waals surface area contributed by atoms with Crippen molar-refractivity contribution in [1.29, 1.82) is 0 Å². The Labute approximate surface area is 126 Å². The van der Waals surface area contributed by atoms with Crippen LogP contribution in [0.4, 0.5) is 0 Å². The van der Waals surface area contributed by atoms with E-state index in [0.717, 1.165) is 41.4 Å². The van der Waals surface area contributed by atoms with Gasteiger partial charge in [-0.2, -0.15) is 0 Å². The monoisotopic (exact) mass is 341 g/mol. The molecule has 0 saturated heterocycles. The lowest BCUT2D eigenvalue weighted by Gasteiger charge is -2.04. The minimum Gasteiger partial charge on any atom is -0.299 e. The van der Waals surface area contributed by atoms with Gasteiger partial charge in [-0.1, -0.05) is 46.7 Å². The topological polar surface area (TPSA) is 22.0 Å². The van der Waals surface area contributed by atoms with Crippen LogP contribution in [-0.4, -0.2) is 9.90 Å². The number of fused-ring (bicyclic) bond motifs is 1. The molecule has 0 fully saturated rings. The molecule has 0 spiro atoms. The van der Waals surface area contributed by atoms with Crippen molar-refractivity contribution in [3.63, 3.8) is 0 Å². The van der Waals surface area contributed by atoms with Crippen molar-refractivity contribution in [2.75, 3.05) is 5.33 Å². The van der Waals surface area contributed by atoms with Crippen molar-refractivity contribution < 1.29 is 0 Å². The number of unbranched alkanes of at least 4 members (excludes halogenated alkanes) is 2. The lowest BCUT2D eigenvalue weighted by Crippen LogP contribution is -2.12. The van der Waals surface area contributed by atoms with Gasteiger partial charge in [-0.25, -0.2) is 0 Å². The first-order valence-electron chi connectivity index (χ1n) is 6.94. The van der Waals surface area contributed by atoms with Gasteiger partial charge in [0.1, 0.15) is 0 Å². The summed E-state index contributed by atoms with van der Waals surface area (Å²) in [6.07, 6.45) is 5.70. The fraction of sp³-hybridized carbons (Fsp3) is 0.533. The number of aryl methyl sites for hydroxylation is 2. The molecule has 2 nitrogen and oxygen atoms in total. The Morgan fingerprint density at radius 2 is 2.11 bits per heavy atom. The molecule has 19 heavy (non-hydrogen) atoms. The van der Waals surface area contributed by atoms with Gasteiger partial charge in [0.2, 0.25) is 0 Å². The molecule has 0 aliphatic heterocycles. The van der Waals surface area contributed by atoms with E-state index in [0.29, 0.717) is 0 Å². The van der Waals surface area contributed by atoms with Crippen LogP contribution >= 0.6 is 27.3 Å². The second kappa shape index (κ2) is 7.25. The van der Waals surface area contributed by atoms with Crippen LogP contribution < -0.4 is 4.87 Å². The summed E-state index contributed by atoms with van der Waals surface area (Å²) >= 11 is 4.81. The molecule has 1 heterocycles. The largest absolute Gasteiger partial charge is 0.308 e. The highest BCUT2D eigenvalue weighted by atomic mass is 79.9. The molecule has 0 unspecified atom stereocenters. The molecule has 0 radical (unpaired) electrons. The fourth-order valence-electron chi connectivity index (χ4n) is 2.22. The highest BCUT2D eigenvalue weighted by Crippen LogP contribution is 2.20. The van der Waals surface area contributed by atoms with Crippen LogP contribution in [-0.2, 0) is 13.0 Å². The predicted octanol–water partition coefficient (Wildman–Crippen LogP) is 4.58. The Kier molecular flexibility index (Phi) is 5.64. The number of halogens is 1. The third kappa shape index (κ3) is 3.69. The molecule has 2 aromatic rings. The molecule has 4 heteroatoms. The Bertz CT molecular complexity index is 587. The fourth-order valence-corrected chi connectivity index (χ4v) is 3.60. The van der Waals surface area contributed by atoms with E-state index >= 15 is 0 Å². The van der Waals surface area contributed by atoms with Gasteiger partial charge in [-0.05, 0) is 43.4 Å². The summed E-state index contributed by atoms with van der Waals surface area (Å²) in [5.74, 6) is 0. The van der Waals surface area contributed by atoms with Crippen LogP contribution in [0.2, 0.25) is 0 Å². The summed E-state index contributed by atoms with van der Waals surface area (Å²) in [6, 6.07) is 6.48. The van der Waals surface area contributed by atoms with Gasteiger partial charge in [-0.15, -0.1) is 0 Å². The van der Waals surface area contributed by atoms with Gasteiger partial charge in [0.05, 0.1) is 10.2 Å². The van der Waals surface area contributed by atoms with E-state index in [2.05, 4.69) is 41.1 Å². The first-order chi connectivity index (χ1) is 9.26. The van der Waals surface area contributed by atoms with E-state index in [1.54, 1.807) is 0 Å². The molecule has 0 N–H and O–H groups in total. The molecule has 0 bridgehead atoms. The van der Waals surface area contributed by atoms with Crippen molar-refractivity contribution in [3.05, 3.63) is 33.4 Å². The first kappa shape index (κ1) is 14.8. The molecule has 2 rings (SSSR count). The highest BCUT2D eigenvalue weighted by molar-refractivity contribution is 9.09. The SMILES string of the molecule is CCCCc1ccc2c(c1)sc(=O)n2CCCCBr. The molecule has 0 aliphatic carbocycles. The molecule has 0 amide bonds. The number of nitrogens with zero attached hydrogens (tertiary/aromatic N) is 1. The maximum absolute atomic E-state index is 12.0. The number of hydrogen-bond acceptors (Lipinski definition) is 2. The van der Waals surface area contributed by atoms with Crippen LogP contribution in [0, 0.1) is 0 Å². The Balaban J connectivity index is 2.23. The molecule has 104 valence electrons. The van der Waals surface area contributed by atoms with Crippen molar-refractivity contribution >= 4 is 37.5 Å². The normalized spacial score (nSPS) is 11.3. The lowest BCUT2D eigenvalue weighted by atomic mass is 10.1. The lowest BCUT2D eigenvalue weighted by molar-refractivity contribution is 0.645. The third-order valence-electron chi connectivity index (χ3n) is 3.32. The maximum Gasteiger partial charge on any atom is 0.308 e. The number of rotatable bonds is 7. The Morgan fingerprint density at radius 3 is 2.84 bits per heavy atom. The summed E-state index contributed by atoms with van der Waals surface area (Å²) < 4.78 is 3.06. The standard InChI is InChI=1S/C15H20BrNOS/c1-2-3-6-12-7-8-13-14(11-12)19-15(18)17(13)10-5-4-9-16/h7-8,11H,2-6,9-10H2,1H3. The average Bonchev–Trinajstić information content (AvgIpc) is 2.72. The summed E-state index contributed by atoms with van der Waals surface area (Å²) in [5.41, 5.74) is 2.45. The van der Waals surface area contributed by atoms with Crippen molar-refractivity contribution in [2.45, 2.75) is 45.6 Å². The van der Waals surface area contributed by atoms with E-state index in [9.17, 15) is 4.79 Å². The number of thiazole rings is 1. The van der Waals surface area contributed by atoms with E-state index in [4.69, 9.17) is 0 Å². The molecule has 0 atom stereocenters. The van der Waals surface area contributed by atoms with Crippen LogP contribution in [0.15, 0.2) is 23.0 Å². The Morgan fingerprint density at radius 1 is 1.26 bits per heavy atom. The smallest absolute Gasteiger partial charge is 0.299 e. The zero-order chi connectivity index (χ0) is 13.7. The van der Waals surface area contributed by atoms with Gasteiger partial charge in [0.25, 0.3) is 0 Å². The quantitative estimate of drug-likeness (QED) is 0.533. The van der Waals surface area contributed by atoms with E-state index in [1.165, 1.54) is 29.7 Å². The number of benzene rings is 1. The highest BCUT2D eigenvalue weighted by Gasteiger charge is 2.07. The minimum absolute atomic E-state index is 0.178. The second-order valence-electron chi connectivity index (χ2n) is 4.82. The molecular formula is C15H20BrNOS. The van der Waals surface area contributed by atoms with Crippen molar-refractivity contribution in [2.24, 2.45) is 0 Å². The third-order valence-corrected chi connectivity index (χ3v) is 4.82. The zero-order valence-electron chi connectivity index (χ0n) is 11.3. The summed E-state index contributed by atoms with van der Waals surface area (Å²) in [7, 11) is 0. The zero-order valence-corrected chi connectivity index (χ0v) is 13.7. The van der Waals surface area contributed by atoms with Crippen LogP contribution in [0.3, 0.4) is 0 Å². The van der Waals surface area contributed by atoms with E-state index in [-0.39, 0.29) is 4.87 Å². The molecule has 1 aromatic heterocycles. The first-order valence-corrected chi connectivity index (χ1v) is 8.88. The summed E-state index contributed by atoms with van der Waals surface area (Å²) in [6.45, 7) is 3.04. The molecule has 0 saturated carbocycles. The van der Waals surface area contributed by atoms with Gasteiger partial charge >= 0.3 is 4.87 Å². The van der Waals surface area contributed by atoms with Crippen molar-refractivity contribution in [3.8, 4) is 0 Å². The number of hydrogen-bond donors (Lipinski definition) is 0. The van der Waals surface area contributed by atoms with Crippen LogP contribution in [0.5, 0.6) is 0 Å². The second-order valence-corrected chi connectivity index (χ2v) is 6.61. The van der Waals surface area contributed by atoms with Crippen LogP contribution in [0.1, 0.15) is 38.2 Å². The molecule has 1 aromatic carbocycles. The van der Waals surface area contributed by atoms with Gasteiger partial charge in [-0.3, -0.25) is 9.36 Å². The van der Waals surface area contributed by atoms with E-state index < -0.39 is 0 Å². The van der Waals surface area contributed by atoms with E-state index in [1.807, 2.05) is 4.57 Å². The minimum atomic E-state index is 0.178. The van der Waals surface area contributed by atoms with Crippen molar-refractivity contribution in [1.82, 2.24) is 4.57 Å². The Hall–Kier alpha value is -0.610. The summed E-state index contributed by atoms with van der Waals surface area (Å²) in [5, 5.41) is 1.00. The van der Waals surface area contributed by atoms with Crippen LogP contribution in [0.25, 0.3) is 10.2 Å². The van der Waals surface area contributed by atoms with Gasteiger partial charge < -0.3 is 0 Å². The molecule has 0 aliphatic rings. The van der Waals surface area contributed by atoms with Gasteiger partial charge in [0, 0.05) is 11.9 Å².